The fourth-order valence-electron chi connectivity index (χ4n) is 1.49. The number of ether oxygens (including phenoxy) is 1. The van der Waals surface area contributed by atoms with Crippen molar-refractivity contribution in [3.63, 3.8) is 0 Å². The van der Waals surface area contributed by atoms with Crippen molar-refractivity contribution in [2.45, 2.75) is 19.9 Å². The van der Waals surface area contributed by atoms with Crippen LogP contribution in [0.25, 0.3) is 0 Å². The molecule has 16 heavy (non-hydrogen) atoms. The maximum atomic E-state index is 5.75. The van der Waals surface area contributed by atoms with Crippen molar-refractivity contribution in [1.29, 1.82) is 0 Å². The van der Waals surface area contributed by atoms with Crippen LogP contribution in [0.5, 0.6) is 5.75 Å². The molecule has 0 aliphatic rings. The molecule has 90 valence electrons. The molecule has 1 aromatic carbocycles. The lowest BCUT2D eigenvalue weighted by atomic mass is 10.1. The van der Waals surface area contributed by atoms with E-state index in [1.807, 2.05) is 12.1 Å². The van der Waals surface area contributed by atoms with E-state index in [0.717, 1.165) is 30.9 Å². The Morgan fingerprint density at radius 2 is 2.06 bits per heavy atom. The number of aryl methyl sites for hydroxylation is 1. The lowest BCUT2D eigenvalue weighted by Gasteiger charge is -2.12. The predicted octanol–water partition coefficient (Wildman–Crippen LogP) is 1.78. The molecule has 0 aromatic heterocycles. The topological polar surface area (TPSA) is 38.5 Å². The van der Waals surface area contributed by atoms with Crippen LogP contribution in [0.1, 0.15) is 17.5 Å². The van der Waals surface area contributed by atoms with E-state index < -0.39 is 0 Å². The molecule has 1 rings (SSSR count). The Balaban J connectivity index is 2.46. The summed E-state index contributed by atoms with van der Waals surface area (Å²) < 4.78 is 5.75. The first-order valence-corrected chi connectivity index (χ1v) is 5.70. The summed E-state index contributed by atoms with van der Waals surface area (Å²) in [5.74, 6) is 0.960. The van der Waals surface area contributed by atoms with Crippen LogP contribution in [0, 0.1) is 6.92 Å². The van der Waals surface area contributed by atoms with E-state index in [1.54, 1.807) is 0 Å². The number of hydrogen-bond donors (Lipinski definition) is 1. The van der Waals surface area contributed by atoms with Crippen molar-refractivity contribution in [1.82, 2.24) is 4.90 Å². The van der Waals surface area contributed by atoms with Gasteiger partial charge in [0, 0.05) is 13.1 Å². The van der Waals surface area contributed by atoms with Crippen molar-refractivity contribution >= 4 is 0 Å². The molecule has 0 atom stereocenters. The Hall–Kier alpha value is -1.06. The first-order chi connectivity index (χ1) is 7.63. The van der Waals surface area contributed by atoms with Crippen LogP contribution >= 0.6 is 0 Å². The average molecular weight is 222 g/mol. The van der Waals surface area contributed by atoms with Gasteiger partial charge in [0.25, 0.3) is 0 Å². The second-order valence-electron chi connectivity index (χ2n) is 4.31. The van der Waals surface area contributed by atoms with Gasteiger partial charge < -0.3 is 15.4 Å². The van der Waals surface area contributed by atoms with E-state index in [1.165, 1.54) is 5.56 Å². The second-order valence-corrected chi connectivity index (χ2v) is 4.31. The van der Waals surface area contributed by atoms with E-state index >= 15 is 0 Å². The summed E-state index contributed by atoms with van der Waals surface area (Å²) >= 11 is 0. The SMILES string of the molecule is Cc1ccc(CN)cc1OCCCN(C)C. The van der Waals surface area contributed by atoms with Crippen LogP contribution in [-0.2, 0) is 6.54 Å². The largest absolute Gasteiger partial charge is 0.493 e. The zero-order valence-electron chi connectivity index (χ0n) is 10.5. The van der Waals surface area contributed by atoms with Gasteiger partial charge in [0.15, 0.2) is 0 Å². The molecule has 3 heteroatoms. The standard InChI is InChI=1S/C13H22N2O/c1-11-5-6-12(10-14)9-13(11)16-8-4-7-15(2)3/h5-6,9H,4,7-8,10,14H2,1-3H3. The van der Waals surface area contributed by atoms with Gasteiger partial charge in [-0.3, -0.25) is 0 Å². The van der Waals surface area contributed by atoms with Crippen LogP contribution in [0.15, 0.2) is 18.2 Å². The lowest BCUT2D eigenvalue weighted by Crippen LogP contribution is -2.15. The molecule has 2 N–H and O–H groups in total. The molecule has 1 aromatic rings. The van der Waals surface area contributed by atoms with Crippen LogP contribution in [-0.4, -0.2) is 32.1 Å². The third-order valence-corrected chi connectivity index (χ3v) is 2.50. The van der Waals surface area contributed by atoms with Gasteiger partial charge in [-0.25, -0.2) is 0 Å². The maximum Gasteiger partial charge on any atom is 0.122 e. The molecule has 0 fully saturated rings. The number of nitrogens with zero attached hydrogens (tertiary/aromatic N) is 1. The normalized spacial score (nSPS) is 10.8. The van der Waals surface area contributed by atoms with Crippen LogP contribution < -0.4 is 10.5 Å². The monoisotopic (exact) mass is 222 g/mol. The Labute approximate surface area is 98.2 Å². The summed E-state index contributed by atoms with van der Waals surface area (Å²) in [5.41, 5.74) is 7.89. The van der Waals surface area contributed by atoms with Crippen LogP contribution in [0.4, 0.5) is 0 Å². The fourth-order valence-corrected chi connectivity index (χ4v) is 1.49. The molecule has 3 nitrogen and oxygen atoms in total. The third-order valence-electron chi connectivity index (χ3n) is 2.50. The molecule has 0 bridgehead atoms. The van der Waals surface area contributed by atoms with Crippen molar-refractivity contribution in [3.8, 4) is 5.75 Å². The van der Waals surface area contributed by atoms with Gasteiger partial charge >= 0.3 is 0 Å². The van der Waals surface area contributed by atoms with Crippen molar-refractivity contribution < 1.29 is 4.74 Å². The summed E-state index contributed by atoms with van der Waals surface area (Å²) in [6, 6.07) is 6.14. The number of nitrogens with two attached hydrogens (primary N) is 1. The molecular weight excluding hydrogens is 200 g/mol. The molecule has 0 aliphatic carbocycles. The van der Waals surface area contributed by atoms with Crippen molar-refractivity contribution in [2.24, 2.45) is 5.73 Å². The number of hydrogen-bond acceptors (Lipinski definition) is 3. The predicted molar refractivity (Wildman–Crippen MR) is 67.7 cm³/mol. The van der Waals surface area contributed by atoms with Gasteiger partial charge in [0.1, 0.15) is 5.75 Å². The summed E-state index contributed by atoms with van der Waals surface area (Å²) in [5, 5.41) is 0. The summed E-state index contributed by atoms with van der Waals surface area (Å²) in [6.45, 7) is 4.43. The highest BCUT2D eigenvalue weighted by Crippen LogP contribution is 2.19. The molecule has 0 radical (unpaired) electrons. The van der Waals surface area contributed by atoms with E-state index in [4.69, 9.17) is 10.5 Å². The van der Waals surface area contributed by atoms with Gasteiger partial charge in [-0.05, 0) is 44.6 Å². The molecule has 0 unspecified atom stereocenters. The zero-order valence-corrected chi connectivity index (χ0v) is 10.5. The summed E-state index contributed by atoms with van der Waals surface area (Å²) in [4.78, 5) is 2.16. The third kappa shape index (κ3) is 4.21. The fraction of sp³-hybridized carbons (Fsp3) is 0.538. The molecule has 0 aliphatic heterocycles. The van der Waals surface area contributed by atoms with Gasteiger partial charge in [-0.2, -0.15) is 0 Å². The number of rotatable bonds is 6. The van der Waals surface area contributed by atoms with E-state index in [2.05, 4.69) is 32.0 Å². The highest BCUT2D eigenvalue weighted by atomic mass is 16.5. The minimum Gasteiger partial charge on any atom is -0.493 e. The Morgan fingerprint density at radius 1 is 1.31 bits per heavy atom. The van der Waals surface area contributed by atoms with Gasteiger partial charge in [-0.15, -0.1) is 0 Å². The molecule has 0 saturated heterocycles. The Bertz CT molecular complexity index is 324. The smallest absolute Gasteiger partial charge is 0.122 e. The van der Waals surface area contributed by atoms with Gasteiger partial charge in [-0.1, -0.05) is 12.1 Å². The van der Waals surface area contributed by atoms with Crippen LogP contribution in [0.3, 0.4) is 0 Å². The minimum absolute atomic E-state index is 0.564. The first kappa shape index (κ1) is 13.0. The van der Waals surface area contributed by atoms with E-state index in [-0.39, 0.29) is 0 Å². The van der Waals surface area contributed by atoms with Gasteiger partial charge in [0.2, 0.25) is 0 Å². The average Bonchev–Trinajstić information content (AvgIpc) is 2.26. The highest BCUT2D eigenvalue weighted by Gasteiger charge is 2.01. The Morgan fingerprint density at radius 3 is 2.69 bits per heavy atom. The zero-order chi connectivity index (χ0) is 12.0. The quantitative estimate of drug-likeness (QED) is 0.746. The summed E-state index contributed by atoms with van der Waals surface area (Å²) in [7, 11) is 4.14. The molecule has 0 amide bonds. The molecule has 0 saturated carbocycles. The molecule has 0 spiro atoms. The first-order valence-electron chi connectivity index (χ1n) is 5.70. The van der Waals surface area contributed by atoms with Crippen molar-refractivity contribution in [2.75, 3.05) is 27.2 Å². The minimum atomic E-state index is 0.564. The maximum absolute atomic E-state index is 5.75. The van der Waals surface area contributed by atoms with E-state index in [9.17, 15) is 0 Å². The highest BCUT2D eigenvalue weighted by molar-refractivity contribution is 5.36. The molecule has 0 heterocycles. The van der Waals surface area contributed by atoms with Crippen LogP contribution in [0.2, 0.25) is 0 Å². The lowest BCUT2D eigenvalue weighted by molar-refractivity contribution is 0.280. The number of benzene rings is 1. The summed E-state index contributed by atoms with van der Waals surface area (Å²) in [6.07, 6.45) is 1.04. The van der Waals surface area contributed by atoms with Gasteiger partial charge in [0.05, 0.1) is 6.61 Å². The second kappa shape index (κ2) is 6.51. The Kier molecular flexibility index (Phi) is 5.29. The van der Waals surface area contributed by atoms with E-state index in [0.29, 0.717) is 6.54 Å². The molecular formula is C13H22N2O. The van der Waals surface area contributed by atoms with Crippen molar-refractivity contribution in [3.05, 3.63) is 29.3 Å².